The van der Waals surface area contributed by atoms with Crippen molar-refractivity contribution in [3.63, 3.8) is 0 Å². The van der Waals surface area contributed by atoms with E-state index in [4.69, 9.17) is 0 Å². The molecule has 1 aromatic carbocycles. The number of rotatable bonds is 4. The van der Waals surface area contributed by atoms with Gasteiger partial charge < -0.3 is 5.32 Å². The molecule has 0 unspecified atom stereocenters. The minimum Gasteiger partial charge on any atom is -0.353 e. The molecule has 0 saturated heterocycles. The topological polar surface area (TPSA) is 29.1 Å². The third-order valence-corrected chi connectivity index (χ3v) is 4.12. The lowest BCUT2D eigenvalue weighted by molar-refractivity contribution is -0.119. The van der Waals surface area contributed by atoms with Crippen molar-refractivity contribution < 1.29 is 4.79 Å². The van der Waals surface area contributed by atoms with Crippen LogP contribution in [0.5, 0.6) is 0 Å². The Balaban J connectivity index is 1.73. The van der Waals surface area contributed by atoms with E-state index < -0.39 is 0 Å². The van der Waals surface area contributed by atoms with Crippen LogP contribution in [-0.2, 0) is 4.79 Å². The number of benzene rings is 1. The molecule has 2 nitrogen and oxygen atoms in total. The van der Waals surface area contributed by atoms with Crippen molar-refractivity contribution in [1.29, 1.82) is 0 Å². The highest BCUT2D eigenvalue weighted by Crippen LogP contribution is 2.20. The molecule has 1 aliphatic rings. The van der Waals surface area contributed by atoms with Crippen LogP contribution in [0, 0.1) is 6.92 Å². The summed E-state index contributed by atoms with van der Waals surface area (Å²) in [5, 5.41) is 3.10. The molecule has 1 aliphatic carbocycles. The lowest BCUT2D eigenvalue weighted by atomic mass is 10.2. The van der Waals surface area contributed by atoms with E-state index in [0.29, 0.717) is 11.8 Å². The van der Waals surface area contributed by atoms with E-state index in [9.17, 15) is 4.79 Å². The van der Waals surface area contributed by atoms with Crippen LogP contribution in [-0.4, -0.2) is 17.7 Å². The van der Waals surface area contributed by atoms with Crippen molar-refractivity contribution in [3.05, 3.63) is 29.8 Å². The van der Waals surface area contributed by atoms with Gasteiger partial charge in [0, 0.05) is 10.9 Å². The van der Waals surface area contributed by atoms with E-state index in [1.807, 2.05) is 0 Å². The van der Waals surface area contributed by atoms with Gasteiger partial charge in [0.15, 0.2) is 0 Å². The summed E-state index contributed by atoms with van der Waals surface area (Å²) >= 11 is 1.61. The Morgan fingerprint density at radius 2 is 1.94 bits per heavy atom. The molecule has 3 heteroatoms. The van der Waals surface area contributed by atoms with E-state index in [1.165, 1.54) is 18.4 Å². The molecular formula is C14H19NOS. The minimum absolute atomic E-state index is 0.169. The molecule has 0 bridgehead atoms. The second-order valence-corrected chi connectivity index (χ2v) is 5.70. The molecule has 1 fully saturated rings. The Hall–Kier alpha value is -0.960. The van der Waals surface area contributed by atoms with Crippen LogP contribution < -0.4 is 5.32 Å². The first kappa shape index (κ1) is 12.5. The predicted molar refractivity (Wildman–Crippen MR) is 72.3 cm³/mol. The van der Waals surface area contributed by atoms with Gasteiger partial charge in [-0.1, -0.05) is 30.5 Å². The minimum atomic E-state index is 0.169. The van der Waals surface area contributed by atoms with Crippen LogP contribution in [0.1, 0.15) is 31.2 Å². The van der Waals surface area contributed by atoms with Gasteiger partial charge in [0.2, 0.25) is 5.91 Å². The first-order valence-corrected chi connectivity index (χ1v) is 7.21. The zero-order valence-electron chi connectivity index (χ0n) is 10.2. The van der Waals surface area contributed by atoms with Gasteiger partial charge >= 0.3 is 0 Å². The maximum absolute atomic E-state index is 11.7. The summed E-state index contributed by atoms with van der Waals surface area (Å²) in [4.78, 5) is 12.9. The van der Waals surface area contributed by atoms with Crippen molar-refractivity contribution in [3.8, 4) is 0 Å². The van der Waals surface area contributed by atoms with Crippen LogP contribution in [0.2, 0.25) is 0 Å². The molecule has 0 spiro atoms. The van der Waals surface area contributed by atoms with Crippen molar-refractivity contribution in [2.24, 2.45) is 0 Å². The fourth-order valence-corrected chi connectivity index (χ4v) is 2.83. The maximum Gasteiger partial charge on any atom is 0.230 e. The lowest BCUT2D eigenvalue weighted by Gasteiger charge is -2.11. The molecule has 1 saturated carbocycles. The van der Waals surface area contributed by atoms with Gasteiger partial charge in [-0.2, -0.15) is 0 Å². The molecule has 2 rings (SSSR count). The van der Waals surface area contributed by atoms with Gasteiger partial charge in [0.1, 0.15) is 0 Å². The van der Waals surface area contributed by atoms with Gasteiger partial charge in [0.25, 0.3) is 0 Å². The first-order valence-electron chi connectivity index (χ1n) is 6.23. The number of carbonyl (C=O) groups excluding carboxylic acids is 1. The Kier molecular flexibility index (Phi) is 4.49. The summed E-state index contributed by atoms with van der Waals surface area (Å²) in [6, 6.07) is 8.74. The molecule has 0 heterocycles. The van der Waals surface area contributed by atoms with E-state index in [0.717, 1.165) is 17.7 Å². The quantitative estimate of drug-likeness (QED) is 0.831. The largest absolute Gasteiger partial charge is 0.353 e. The summed E-state index contributed by atoms with van der Waals surface area (Å²) in [5.41, 5.74) is 1.25. The van der Waals surface area contributed by atoms with Crippen molar-refractivity contribution in [2.45, 2.75) is 43.5 Å². The predicted octanol–water partition coefficient (Wildman–Crippen LogP) is 3.15. The highest BCUT2D eigenvalue weighted by Gasteiger charge is 2.16. The molecule has 1 aromatic rings. The molecule has 92 valence electrons. The van der Waals surface area contributed by atoms with Gasteiger partial charge in [-0.15, -0.1) is 11.8 Å². The molecular weight excluding hydrogens is 230 g/mol. The lowest BCUT2D eigenvalue weighted by Crippen LogP contribution is -2.33. The summed E-state index contributed by atoms with van der Waals surface area (Å²) < 4.78 is 0. The number of hydrogen-bond donors (Lipinski definition) is 1. The number of nitrogens with one attached hydrogen (secondary N) is 1. The van der Waals surface area contributed by atoms with Crippen molar-refractivity contribution >= 4 is 17.7 Å². The van der Waals surface area contributed by atoms with Crippen LogP contribution in [0.25, 0.3) is 0 Å². The molecule has 1 amide bonds. The van der Waals surface area contributed by atoms with Crippen molar-refractivity contribution in [2.75, 3.05) is 5.75 Å². The highest BCUT2D eigenvalue weighted by molar-refractivity contribution is 8.00. The van der Waals surface area contributed by atoms with Gasteiger partial charge in [-0.3, -0.25) is 4.79 Å². The van der Waals surface area contributed by atoms with Gasteiger partial charge in [-0.05, 0) is 31.9 Å². The summed E-state index contributed by atoms with van der Waals surface area (Å²) in [5.74, 6) is 0.696. The van der Waals surface area contributed by atoms with Gasteiger partial charge in [0.05, 0.1) is 5.75 Å². The second-order valence-electron chi connectivity index (χ2n) is 4.65. The number of carbonyl (C=O) groups is 1. The van der Waals surface area contributed by atoms with E-state index in [-0.39, 0.29) is 5.91 Å². The van der Waals surface area contributed by atoms with Crippen LogP contribution >= 0.6 is 11.8 Å². The number of hydrogen-bond acceptors (Lipinski definition) is 2. The standard InChI is InChI=1S/C14H19NOS/c1-11-6-8-13(9-7-11)17-10-14(16)15-12-4-2-3-5-12/h6-9,12H,2-5,10H2,1H3,(H,15,16). The summed E-state index contributed by atoms with van der Waals surface area (Å²) in [6.45, 7) is 2.07. The Bertz CT molecular complexity index is 368. The van der Waals surface area contributed by atoms with Crippen molar-refractivity contribution in [1.82, 2.24) is 5.32 Å². The fourth-order valence-electron chi connectivity index (χ4n) is 2.12. The van der Waals surface area contributed by atoms with Crippen LogP contribution in [0.3, 0.4) is 0 Å². The Labute approximate surface area is 107 Å². The van der Waals surface area contributed by atoms with Crippen LogP contribution in [0.15, 0.2) is 29.2 Å². The molecule has 0 atom stereocenters. The first-order chi connectivity index (χ1) is 8.24. The third kappa shape index (κ3) is 4.08. The molecule has 17 heavy (non-hydrogen) atoms. The smallest absolute Gasteiger partial charge is 0.230 e. The third-order valence-electron chi connectivity index (χ3n) is 3.11. The number of aryl methyl sites for hydroxylation is 1. The maximum atomic E-state index is 11.7. The SMILES string of the molecule is Cc1ccc(SCC(=O)NC2CCCC2)cc1. The number of thioether (sulfide) groups is 1. The average molecular weight is 249 g/mol. The summed E-state index contributed by atoms with van der Waals surface area (Å²) in [6.07, 6.45) is 4.83. The average Bonchev–Trinajstić information content (AvgIpc) is 2.81. The zero-order valence-corrected chi connectivity index (χ0v) is 11.1. The molecule has 1 N–H and O–H groups in total. The Morgan fingerprint density at radius 3 is 2.59 bits per heavy atom. The fraction of sp³-hybridized carbons (Fsp3) is 0.500. The summed E-state index contributed by atoms with van der Waals surface area (Å²) in [7, 11) is 0. The molecule has 0 aromatic heterocycles. The Morgan fingerprint density at radius 1 is 1.29 bits per heavy atom. The van der Waals surface area contributed by atoms with E-state index >= 15 is 0 Å². The van der Waals surface area contributed by atoms with Crippen LogP contribution in [0.4, 0.5) is 0 Å². The second kappa shape index (κ2) is 6.10. The number of amides is 1. The molecule has 0 radical (unpaired) electrons. The van der Waals surface area contributed by atoms with E-state index in [1.54, 1.807) is 11.8 Å². The normalized spacial score (nSPS) is 16.1. The highest BCUT2D eigenvalue weighted by atomic mass is 32.2. The van der Waals surface area contributed by atoms with Gasteiger partial charge in [-0.25, -0.2) is 0 Å². The zero-order chi connectivity index (χ0) is 12.1. The van der Waals surface area contributed by atoms with E-state index in [2.05, 4.69) is 36.5 Å². The monoisotopic (exact) mass is 249 g/mol. The molecule has 0 aliphatic heterocycles.